The molecule has 418 valence electrons. The number of ketones is 3. The number of fused-ring (bicyclic) bond motifs is 8. The Balaban J connectivity index is 0.821. The minimum atomic E-state index is -0.532. The van der Waals surface area contributed by atoms with Crippen LogP contribution in [-0.2, 0) is 51.6 Å². The minimum absolute atomic E-state index is 0.0417. The van der Waals surface area contributed by atoms with Crippen molar-refractivity contribution in [3.05, 3.63) is 136 Å². The molecule has 2 saturated carbocycles. The number of carbonyl (C=O) groups is 5. The van der Waals surface area contributed by atoms with Gasteiger partial charge in [0, 0.05) is 84.7 Å². The zero-order valence-electron chi connectivity index (χ0n) is 47.1. The van der Waals surface area contributed by atoms with Crippen molar-refractivity contribution in [1.29, 1.82) is 0 Å². The topological polar surface area (TPSA) is 144 Å². The standard InChI is InChI=1S/C66H74N4O9S/c1-40-26-52-46(20-21-49-31-47-12-7-9-14-56(47)69(49)64(52)74)33-59(40)78-38-43-27-44(39-79-61-35-55-53(34-60(61)77-6)65(75)70-51(37-67-55)32-48-13-8-10-15-57(48)70)29-50(28-43)68(24-25-76-5)23-11-22-66(3,4)80-62-36-58(72)54(63(62)73)30-42-16-18-45(19-17-42)41(2)71/h7-10,12-15,26-29,33-35,37,42,45,49,51,54,62H,11,16-25,30-32,36,38-39H2,1-6H3/t42?,45?,49-,51+,54?,62?/m1/s1. The second-order valence-electron chi connectivity index (χ2n) is 23.6. The van der Waals surface area contributed by atoms with Gasteiger partial charge in [0.2, 0.25) is 0 Å². The van der Waals surface area contributed by atoms with Gasteiger partial charge in [-0.3, -0.25) is 33.9 Å². The Bertz CT molecular complexity index is 3250. The van der Waals surface area contributed by atoms with Crippen molar-refractivity contribution in [1.82, 2.24) is 0 Å². The molecule has 4 atom stereocenters. The number of nitrogens with zero attached hydrogens (tertiary/aromatic N) is 4. The Morgan fingerprint density at radius 2 is 1.43 bits per heavy atom. The quantitative estimate of drug-likeness (QED) is 0.0687. The first-order valence-electron chi connectivity index (χ1n) is 28.7. The van der Waals surface area contributed by atoms with E-state index in [9.17, 15) is 24.0 Å². The molecular weight excluding hydrogens is 1020 g/mol. The number of thioether (sulfide) groups is 1. The molecule has 13 nitrogen and oxygen atoms in total. The first-order valence-corrected chi connectivity index (χ1v) is 29.6. The summed E-state index contributed by atoms with van der Waals surface area (Å²) in [5.41, 5.74) is 10.6. The molecule has 4 aliphatic heterocycles. The van der Waals surface area contributed by atoms with Gasteiger partial charge in [-0.05, 0) is 166 Å². The van der Waals surface area contributed by atoms with Crippen molar-refractivity contribution in [2.45, 2.75) is 140 Å². The molecule has 6 aliphatic rings. The fourth-order valence-corrected chi connectivity index (χ4v) is 14.9. The first-order chi connectivity index (χ1) is 38.6. The van der Waals surface area contributed by atoms with Gasteiger partial charge in [0.1, 0.15) is 30.5 Å². The van der Waals surface area contributed by atoms with Crippen LogP contribution >= 0.6 is 11.8 Å². The molecule has 14 heteroatoms. The maximum absolute atomic E-state index is 14.2. The van der Waals surface area contributed by atoms with E-state index in [-0.39, 0.29) is 76.8 Å². The molecule has 0 spiro atoms. The monoisotopic (exact) mass is 1100 g/mol. The smallest absolute Gasteiger partial charge is 0.261 e. The van der Waals surface area contributed by atoms with E-state index in [4.69, 9.17) is 23.9 Å². The summed E-state index contributed by atoms with van der Waals surface area (Å²) < 4.78 is 24.7. The first kappa shape index (κ1) is 55.2. The van der Waals surface area contributed by atoms with Gasteiger partial charge >= 0.3 is 0 Å². The lowest BCUT2D eigenvalue weighted by Crippen LogP contribution is -2.37. The maximum Gasteiger partial charge on any atom is 0.261 e. The van der Waals surface area contributed by atoms with E-state index in [2.05, 4.69) is 61.2 Å². The molecule has 5 aromatic rings. The summed E-state index contributed by atoms with van der Waals surface area (Å²) in [5, 5.41) is -0.348. The van der Waals surface area contributed by atoms with Crippen LogP contribution < -0.4 is 28.9 Å². The Morgan fingerprint density at radius 1 is 0.738 bits per heavy atom. The van der Waals surface area contributed by atoms with Crippen molar-refractivity contribution >= 4 is 69.9 Å². The number of amides is 2. The second kappa shape index (κ2) is 23.4. The number of aryl methyl sites for hydroxylation is 2. The van der Waals surface area contributed by atoms with Crippen LogP contribution in [0.2, 0.25) is 0 Å². The van der Waals surface area contributed by atoms with Crippen LogP contribution in [0.3, 0.4) is 0 Å². The van der Waals surface area contributed by atoms with Crippen LogP contribution in [0.25, 0.3) is 0 Å². The molecule has 0 N–H and O–H groups in total. The number of rotatable bonds is 20. The molecular formula is C66H74N4O9S. The van der Waals surface area contributed by atoms with Crippen molar-refractivity contribution in [3.63, 3.8) is 0 Å². The van der Waals surface area contributed by atoms with E-state index in [0.29, 0.717) is 61.2 Å². The molecule has 0 aromatic heterocycles. The molecule has 5 aromatic carbocycles. The molecule has 4 heterocycles. The van der Waals surface area contributed by atoms with E-state index in [0.717, 1.165) is 114 Å². The van der Waals surface area contributed by atoms with E-state index in [1.54, 1.807) is 45.0 Å². The van der Waals surface area contributed by atoms with E-state index in [1.807, 2.05) is 59.3 Å². The van der Waals surface area contributed by atoms with Crippen LogP contribution in [0.1, 0.15) is 133 Å². The molecule has 0 bridgehead atoms. The third kappa shape index (κ3) is 11.4. The van der Waals surface area contributed by atoms with E-state index in [1.165, 1.54) is 5.56 Å². The Morgan fingerprint density at radius 3 is 2.14 bits per heavy atom. The lowest BCUT2D eigenvalue weighted by molar-refractivity contribution is -0.128. The van der Waals surface area contributed by atoms with Crippen LogP contribution in [-0.4, -0.2) is 91.4 Å². The van der Waals surface area contributed by atoms with Crippen LogP contribution in [0, 0.1) is 24.7 Å². The zero-order valence-corrected chi connectivity index (χ0v) is 47.9. The number of hydrogen-bond donors (Lipinski definition) is 0. The summed E-state index contributed by atoms with van der Waals surface area (Å²) in [4.78, 5) is 78.7. The van der Waals surface area contributed by atoms with Gasteiger partial charge in [-0.15, -0.1) is 11.8 Å². The molecule has 0 radical (unpaired) electrons. The average molecular weight is 1100 g/mol. The number of Topliss-reactive ketones (excluding diaryl/α,β-unsaturated/α-hetero) is 3. The molecule has 2 unspecified atom stereocenters. The van der Waals surface area contributed by atoms with E-state index < -0.39 is 5.92 Å². The number of para-hydroxylation sites is 2. The molecule has 2 fully saturated rings. The van der Waals surface area contributed by atoms with Gasteiger partial charge in [-0.1, -0.05) is 50.2 Å². The highest BCUT2D eigenvalue weighted by Crippen LogP contribution is 2.45. The summed E-state index contributed by atoms with van der Waals surface area (Å²) in [6.07, 6.45) is 11.1. The predicted molar refractivity (Wildman–Crippen MR) is 315 cm³/mol. The highest BCUT2D eigenvalue weighted by atomic mass is 32.2. The van der Waals surface area contributed by atoms with Gasteiger partial charge in [0.15, 0.2) is 17.3 Å². The summed E-state index contributed by atoms with van der Waals surface area (Å²) in [7, 11) is 3.28. The minimum Gasteiger partial charge on any atom is -0.493 e. The Kier molecular flexibility index (Phi) is 16.1. The fraction of sp³-hybridized carbons (Fsp3) is 0.455. The number of anilines is 3. The molecule has 80 heavy (non-hydrogen) atoms. The van der Waals surface area contributed by atoms with Crippen molar-refractivity contribution in [3.8, 4) is 17.2 Å². The third-order valence-electron chi connectivity index (χ3n) is 17.6. The number of ether oxygens (including phenoxy) is 4. The summed E-state index contributed by atoms with van der Waals surface area (Å²) in [6, 6.07) is 30.1. The van der Waals surface area contributed by atoms with E-state index >= 15 is 0 Å². The van der Waals surface area contributed by atoms with Gasteiger partial charge in [-0.2, -0.15) is 0 Å². The zero-order chi connectivity index (χ0) is 55.8. The third-order valence-corrected chi connectivity index (χ3v) is 19.2. The Labute approximate surface area is 474 Å². The average Bonchev–Trinajstić information content (AvgIpc) is 4.04. The Hall–Kier alpha value is -6.77. The summed E-state index contributed by atoms with van der Waals surface area (Å²) in [6.45, 7) is 10.3. The number of benzene rings is 5. The van der Waals surface area contributed by atoms with Crippen molar-refractivity contribution in [2.75, 3.05) is 48.6 Å². The summed E-state index contributed by atoms with van der Waals surface area (Å²) in [5.74, 6) is 1.81. The maximum atomic E-state index is 14.2. The van der Waals surface area contributed by atoms with Gasteiger partial charge < -0.3 is 28.7 Å². The molecule has 2 amide bonds. The SMILES string of the molecule is COCCN(CCCC(C)(C)SC1CC(=O)C(CC2CCC(C(C)=O)CC2)C1=O)c1cc(COc2cc3c(cc2C)C(=O)N2c4ccccc4C[C@H]2CC3)cc(COc2cc3c(cc2OC)C(=O)N2c4ccccc4C[C@H]2C=N3)c1. The number of carbonyl (C=O) groups excluding carboxylic acids is 5. The predicted octanol–water partition coefficient (Wildman–Crippen LogP) is 12.0. The van der Waals surface area contributed by atoms with Crippen molar-refractivity contribution < 1.29 is 42.9 Å². The molecule has 0 saturated heterocycles. The largest absolute Gasteiger partial charge is 0.493 e. The van der Waals surface area contributed by atoms with Gasteiger partial charge in [0.25, 0.3) is 11.8 Å². The normalized spacial score (nSPS) is 22.0. The number of aliphatic imine (C=N–C) groups is 1. The molecule has 2 aliphatic carbocycles. The number of methoxy groups -OCH3 is 2. The summed E-state index contributed by atoms with van der Waals surface area (Å²) >= 11 is 1.65. The van der Waals surface area contributed by atoms with Gasteiger partial charge in [0.05, 0.1) is 42.2 Å². The van der Waals surface area contributed by atoms with Crippen LogP contribution in [0.15, 0.2) is 96.0 Å². The number of hydrogen-bond acceptors (Lipinski definition) is 12. The molecule has 11 rings (SSSR count). The lowest BCUT2D eigenvalue weighted by atomic mass is 9.76. The second-order valence-corrected chi connectivity index (χ2v) is 25.5. The van der Waals surface area contributed by atoms with Crippen LogP contribution in [0.4, 0.5) is 22.7 Å². The highest BCUT2D eigenvalue weighted by Gasteiger charge is 2.45. The lowest BCUT2D eigenvalue weighted by Gasteiger charge is -2.30. The fourth-order valence-electron chi connectivity index (χ4n) is 13.3. The van der Waals surface area contributed by atoms with Crippen LogP contribution in [0.5, 0.6) is 17.2 Å². The van der Waals surface area contributed by atoms with Crippen molar-refractivity contribution in [2.24, 2.45) is 22.7 Å². The highest BCUT2D eigenvalue weighted by molar-refractivity contribution is 8.02. The van der Waals surface area contributed by atoms with Gasteiger partial charge in [-0.25, -0.2) is 0 Å².